The normalized spacial score (nSPS) is 10.5. The molecule has 4 heteroatoms. The van der Waals surface area contributed by atoms with Gasteiger partial charge < -0.3 is 15.2 Å². The Labute approximate surface area is 126 Å². The van der Waals surface area contributed by atoms with Crippen LogP contribution in [0.2, 0.25) is 0 Å². The molecular formula is C15H16INO2. The van der Waals surface area contributed by atoms with Gasteiger partial charge in [0.05, 0.1) is 9.67 Å². The molecule has 2 aromatic carbocycles. The van der Waals surface area contributed by atoms with E-state index in [1.54, 1.807) is 12.1 Å². The molecule has 3 nitrogen and oxygen atoms in total. The van der Waals surface area contributed by atoms with Gasteiger partial charge in [0.1, 0.15) is 17.2 Å². The van der Waals surface area contributed by atoms with Crippen LogP contribution >= 0.6 is 22.6 Å². The van der Waals surface area contributed by atoms with Gasteiger partial charge in [0.2, 0.25) is 0 Å². The highest BCUT2D eigenvalue weighted by Crippen LogP contribution is 2.31. The Morgan fingerprint density at radius 3 is 2.42 bits per heavy atom. The van der Waals surface area contributed by atoms with Gasteiger partial charge >= 0.3 is 0 Å². The third kappa shape index (κ3) is 4.02. The predicted octanol–water partition coefficient (Wildman–Crippen LogP) is 4.45. The van der Waals surface area contributed by atoms with E-state index in [1.165, 1.54) is 0 Å². The number of benzene rings is 2. The van der Waals surface area contributed by atoms with Crippen molar-refractivity contribution < 1.29 is 9.47 Å². The van der Waals surface area contributed by atoms with Crippen LogP contribution in [0.1, 0.15) is 13.8 Å². The Morgan fingerprint density at radius 2 is 1.74 bits per heavy atom. The van der Waals surface area contributed by atoms with Crippen LogP contribution in [0.4, 0.5) is 5.69 Å². The molecule has 0 saturated heterocycles. The SMILES string of the molecule is CC(C)Oc1cc(N)cc(Oc2ccccc2I)c1. The third-order valence-corrected chi connectivity index (χ3v) is 3.23. The fourth-order valence-corrected chi connectivity index (χ4v) is 2.14. The summed E-state index contributed by atoms with van der Waals surface area (Å²) in [5, 5.41) is 0. The van der Waals surface area contributed by atoms with Crippen LogP contribution in [-0.2, 0) is 0 Å². The molecule has 2 N–H and O–H groups in total. The fraction of sp³-hybridized carbons (Fsp3) is 0.200. The van der Waals surface area contributed by atoms with Crippen molar-refractivity contribution in [3.63, 3.8) is 0 Å². The predicted molar refractivity (Wildman–Crippen MR) is 85.9 cm³/mol. The van der Waals surface area contributed by atoms with Gasteiger partial charge in [-0.3, -0.25) is 0 Å². The van der Waals surface area contributed by atoms with Gasteiger partial charge in [-0.15, -0.1) is 0 Å². The highest BCUT2D eigenvalue weighted by Gasteiger charge is 2.06. The first-order chi connectivity index (χ1) is 9.04. The van der Waals surface area contributed by atoms with Gasteiger partial charge in [0.15, 0.2) is 0 Å². The summed E-state index contributed by atoms with van der Waals surface area (Å²) in [6.07, 6.45) is 0.103. The van der Waals surface area contributed by atoms with Crippen LogP contribution < -0.4 is 15.2 Å². The van der Waals surface area contributed by atoms with Gasteiger partial charge in [-0.25, -0.2) is 0 Å². The number of halogens is 1. The van der Waals surface area contributed by atoms with E-state index in [0.717, 1.165) is 15.1 Å². The molecule has 0 aliphatic carbocycles. The lowest BCUT2D eigenvalue weighted by molar-refractivity contribution is 0.242. The molecule has 19 heavy (non-hydrogen) atoms. The molecule has 0 atom stereocenters. The van der Waals surface area contributed by atoms with Gasteiger partial charge in [-0.2, -0.15) is 0 Å². The lowest BCUT2D eigenvalue weighted by atomic mass is 10.2. The first kappa shape index (κ1) is 14.0. The zero-order chi connectivity index (χ0) is 13.8. The average molecular weight is 369 g/mol. The molecular weight excluding hydrogens is 353 g/mol. The van der Waals surface area contributed by atoms with E-state index in [9.17, 15) is 0 Å². The zero-order valence-electron chi connectivity index (χ0n) is 10.9. The molecule has 0 saturated carbocycles. The minimum Gasteiger partial charge on any atom is -0.491 e. The Hall–Kier alpha value is -1.43. The maximum atomic E-state index is 5.86. The summed E-state index contributed by atoms with van der Waals surface area (Å²) < 4.78 is 12.5. The van der Waals surface area contributed by atoms with Crippen LogP contribution in [0.25, 0.3) is 0 Å². The standard InChI is InChI=1S/C15H16INO2/c1-10(2)18-12-7-11(17)8-13(9-12)19-15-6-4-3-5-14(15)16/h3-10H,17H2,1-2H3. The number of hydrogen-bond acceptors (Lipinski definition) is 3. The summed E-state index contributed by atoms with van der Waals surface area (Å²) in [6, 6.07) is 13.3. The number of hydrogen-bond donors (Lipinski definition) is 1. The van der Waals surface area contributed by atoms with Gasteiger partial charge in [-0.05, 0) is 48.6 Å². The van der Waals surface area contributed by atoms with Crippen LogP contribution in [0.5, 0.6) is 17.2 Å². The van der Waals surface area contributed by atoms with Crippen molar-refractivity contribution in [2.24, 2.45) is 0 Å². The van der Waals surface area contributed by atoms with Crippen molar-refractivity contribution in [1.29, 1.82) is 0 Å². The van der Waals surface area contributed by atoms with E-state index in [-0.39, 0.29) is 6.10 Å². The van der Waals surface area contributed by atoms with Crippen molar-refractivity contribution in [2.45, 2.75) is 20.0 Å². The Kier molecular flexibility index (Phi) is 4.52. The Morgan fingerprint density at radius 1 is 1.05 bits per heavy atom. The van der Waals surface area contributed by atoms with Crippen LogP contribution in [0.3, 0.4) is 0 Å². The maximum absolute atomic E-state index is 5.86. The molecule has 2 rings (SSSR count). The fourth-order valence-electron chi connectivity index (χ4n) is 1.65. The monoisotopic (exact) mass is 369 g/mol. The summed E-state index contributed by atoms with van der Waals surface area (Å²) in [6.45, 7) is 3.95. The number of ether oxygens (including phenoxy) is 2. The summed E-state index contributed by atoms with van der Waals surface area (Å²) in [5.74, 6) is 2.21. The van der Waals surface area contributed by atoms with Crippen LogP contribution in [0.15, 0.2) is 42.5 Å². The lowest BCUT2D eigenvalue weighted by Gasteiger charge is -2.13. The molecule has 0 aromatic heterocycles. The second-order valence-corrected chi connectivity index (χ2v) is 5.60. The molecule has 0 fully saturated rings. The van der Waals surface area contributed by atoms with Crippen molar-refractivity contribution in [2.75, 3.05) is 5.73 Å². The quantitative estimate of drug-likeness (QED) is 0.640. The number of rotatable bonds is 4. The van der Waals surface area contributed by atoms with E-state index < -0.39 is 0 Å². The third-order valence-electron chi connectivity index (χ3n) is 2.34. The average Bonchev–Trinajstić information content (AvgIpc) is 2.30. The molecule has 100 valence electrons. The molecule has 2 aromatic rings. The molecule has 0 radical (unpaired) electrons. The van der Waals surface area contributed by atoms with E-state index in [4.69, 9.17) is 15.2 Å². The van der Waals surface area contributed by atoms with Gasteiger partial charge in [0.25, 0.3) is 0 Å². The zero-order valence-corrected chi connectivity index (χ0v) is 13.0. The Bertz CT molecular complexity index is 570. The molecule has 0 bridgehead atoms. The van der Waals surface area contributed by atoms with Gasteiger partial charge in [0, 0.05) is 23.9 Å². The molecule has 0 aliphatic rings. The van der Waals surface area contributed by atoms with Crippen molar-refractivity contribution in [3.05, 3.63) is 46.0 Å². The van der Waals surface area contributed by atoms with E-state index >= 15 is 0 Å². The second kappa shape index (κ2) is 6.14. The van der Waals surface area contributed by atoms with Crippen LogP contribution in [0, 0.1) is 3.57 Å². The highest BCUT2D eigenvalue weighted by atomic mass is 127. The van der Waals surface area contributed by atoms with Gasteiger partial charge in [-0.1, -0.05) is 12.1 Å². The molecule has 0 aliphatic heterocycles. The summed E-state index contributed by atoms with van der Waals surface area (Å²) in [5.41, 5.74) is 6.49. The molecule has 0 unspecified atom stereocenters. The highest BCUT2D eigenvalue weighted by molar-refractivity contribution is 14.1. The molecule has 0 amide bonds. The van der Waals surface area contributed by atoms with Crippen LogP contribution in [-0.4, -0.2) is 6.10 Å². The minimum absolute atomic E-state index is 0.103. The largest absolute Gasteiger partial charge is 0.491 e. The van der Waals surface area contributed by atoms with E-state index in [1.807, 2.05) is 44.2 Å². The summed E-state index contributed by atoms with van der Waals surface area (Å²) >= 11 is 2.24. The molecule has 0 spiro atoms. The molecule has 0 heterocycles. The van der Waals surface area contributed by atoms with E-state index in [2.05, 4.69) is 22.6 Å². The van der Waals surface area contributed by atoms with E-state index in [0.29, 0.717) is 11.4 Å². The summed E-state index contributed by atoms with van der Waals surface area (Å²) in [7, 11) is 0. The summed E-state index contributed by atoms with van der Waals surface area (Å²) in [4.78, 5) is 0. The second-order valence-electron chi connectivity index (χ2n) is 4.44. The first-order valence-corrected chi connectivity index (χ1v) is 7.12. The van der Waals surface area contributed by atoms with Crippen molar-refractivity contribution in [1.82, 2.24) is 0 Å². The number of anilines is 1. The van der Waals surface area contributed by atoms with Crippen molar-refractivity contribution in [3.8, 4) is 17.2 Å². The maximum Gasteiger partial charge on any atom is 0.140 e. The number of nitrogens with two attached hydrogens (primary N) is 1. The topological polar surface area (TPSA) is 44.5 Å². The number of para-hydroxylation sites is 1. The minimum atomic E-state index is 0.103. The number of nitrogen functional groups attached to an aromatic ring is 1. The Balaban J connectivity index is 2.25. The lowest BCUT2D eigenvalue weighted by Crippen LogP contribution is -2.06. The smallest absolute Gasteiger partial charge is 0.140 e. The van der Waals surface area contributed by atoms with Crippen molar-refractivity contribution >= 4 is 28.3 Å². The first-order valence-electron chi connectivity index (χ1n) is 6.04.